The van der Waals surface area contributed by atoms with Gasteiger partial charge in [0.2, 0.25) is 0 Å². The molecule has 0 saturated carbocycles. The molecule has 0 aliphatic rings. The fourth-order valence-electron chi connectivity index (χ4n) is 2.73. The molecule has 6 nitrogen and oxygen atoms in total. The van der Waals surface area contributed by atoms with Crippen LogP contribution >= 0.6 is 11.3 Å². The zero-order valence-electron chi connectivity index (χ0n) is 16.3. The third-order valence-electron chi connectivity index (χ3n) is 4.41. The topological polar surface area (TPSA) is 70.4 Å². The number of benzene rings is 1. The summed E-state index contributed by atoms with van der Waals surface area (Å²) in [5, 5.41) is 2.44. The summed E-state index contributed by atoms with van der Waals surface area (Å²) in [5.74, 6) is 0.361. The lowest BCUT2D eigenvalue weighted by atomic mass is 10.1. The first-order valence-electron chi connectivity index (χ1n) is 9.42. The molecule has 3 aromatic rings. The molecule has 0 fully saturated rings. The molecule has 0 radical (unpaired) electrons. The van der Waals surface area contributed by atoms with Crippen molar-refractivity contribution in [3.63, 3.8) is 0 Å². The Labute approximate surface area is 167 Å². The van der Waals surface area contributed by atoms with E-state index in [1.807, 2.05) is 43.5 Å². The van der Waals surface area contributed by atoms with Crippen LogP contribution in [0.25, 0.3) is 21.3 Å². The highest BCUT2D eigenvalue weighted by Crippen LogP contribution is 2.31. The highest BCUT2D eigenvalue weighted by atomic mass is 32.1. The number of carbonyl (C=O) groups is 1. The monoisotopic (exact) mass is 400 g/mol. The van der Waals surface area contributed by atoms with Crippen LogP contribution in [0.1, 0.15) is 33.6 Å². The Kier molecular flexibility index (Phi) is 6.46. The second-order valence-electron chi connectivity index (χ2n) is 6.59. The summed E-state index contributed by atoms with van der Waals surface area (Å²) in [7, 11) is 0. The second-order valence-corrected chi connectivity index (χ2v) is 7.45. The lowest BCUT2D eigenvalue weighted by Gasteiger charge is -2.11. The van der Waals surface area contributed by atoms with E-state index >= 15 is 0 Å². The Bertz CT molecular complexity index is 1010. The Hall–Kier alpha value is -2.67. The van der Waals surface area contributed by atoms with Gasteiger partial charge in [0.05, 0.1) is 24.4 Å². The van der Waals surface area contributed by atoms with Gasteiger partial charge in [-0.3, -0.25) is 14.2 Å². The zero-order valence-corrected chi connectivity index (χ0v) is 17.1. The van der Waals surface area contributed by atoms with E-state index in [0.717, 1.165) is 29.7 Å². The number of hydrogen-bond donors (Lipinski definition) is 0. The van der Waals surface area contributed by atoms with E-state index in [1.165, 1.54) is 22.2 Å². The molecule has 0 spiro atoms. The molecule has 1 atom stereocenters. The summed E-state index contributed by atoms with van der Waals surface area (Å²) in [6, 6.07) is 7.65. The van der Waals surface area contributed by atoms with Crippen LogP contribution in [-0.2, 0) is 16.1 Å². The number of aromatic nitrogens is 2. The van der Waals surface area contributed by atoms with Crippen LogP contribution in [-0.4, -0.2) is 28.2 Å². The van der Waals surface area contributed by atoms with Crippen LogP contribution in [0.2, 0.25) is 0 Å². The maximum absolute atomic E-state index is 13.0. The lowest BCUT2D eigenvalue weighted by Crippen LogP contribution is -2.27. The standard InChI is InChI=1S/C21H24N2O4S/c1-4-10-26-16-8-6-15(7-9-16)17-12-28-20-19(17)21(25)23(13-22-20)11-18(24)27-14(3)5-2/h6-9,12-14H,4-5,10-11H2,1-3H3. The molecule has 0 saturated heterocycles. The number of hydrogen-bond acceptors (Lipinski definition) is 6. The zero-order chi connectivity index (χ0) is 20.1. The first-order chi connectivity index (χ1) is 13.5. The quantitative estimate of drug-likeness (QED) is 0.529. The smallest absolute Gasteiger partial charge is 0.326 e. The summed E-state index contributed by atoms with van der Waals surface area (Å²) in [6.45, 7) is 6.34. The summed E-state index contributed by atoms with van der Waals surface area (Å²) < 4.78 is 12.2. The van der Waals surface area contributed by atoms with E-state index in [2.05, 4.69) is 11.9 Å². The van der Waals surface area contributed by atoms with Gasteiger partial charge in [-0.25, -0.2) is 4.98 Å². The Morgan fingerprint density at radius 2 is 2.00 bits per heavy atom. The Morgan fingerprint density at radius 3 is 2.68 bits per heavy atom. The Balaban J connectivity index is 1.90. The average molecular weight is 401 g/mol. The van der Waals surface area contributed by atoms with E-state index in [0.29, 0.717) is 16.8 Å². The van der Waals surface area contributed by atoms with Crippen molar-refractivity contribution < 1.29 is 14.3 Å². The van der Waals surface area contributed by atoms with E-state index < -0.39 is 5.97 Å². The van der Waals surface area contributed by atoms with Crippen LogP contribution in [0.4, 0.5) is 0 Å². The number of rotatable bonds is 8. The van der Waals surface area contributed by atoms with Crippen molar-refractivity contribution in [2.75, 3.05) is 6.61 Å². The minimum Gasteiger partial charge on any atom is -0.494 e. The lowest BCUT2D eigenvalue weighted by molar-refractivity contribution is -0.149. The fraction of sp³-hybridized carbons (Fsp3) is 0.381. The van der Waals surface area contributed by atoms with Crippen molar-refractivity contribution in [1.82, 2.24) is 9.55 Å². The van der Waals surface area contributed by atoms with Crippen LogP contribution < -0.4 is 10.3 Å². The van der Waals surface area contributed by atoms with Gasteiger partial charge in [0.15, 0.2) is 0 Å². The molecule has 2 heterocycles. The van der Waals surface area contributed by atoms with Gasteiger partial charge < -0.3 is 9.47 Å². The van der Waals surface area contributed by atoms with Gasteiger partial charge in [-0.15, -0.1) is 11.3 Å². The van der Waals surface area contributed by atoms with Crippen LogP contribution in [0, 0.1) is 0 Å². The predicted molar refractivity (Wildman–Crippen MR) is 111 cm³/mol. The van der Waals surface area contributed by atoms with Gasteiger partial charge in [-0.05, 0) is 37.5 Å². The minimum absolute atomic E-state index is 0.148. The van der Waals surface area contributed by atoms with Gasteiger partial charge in [0.1, 0.15) is 17.1 Å². The maximum atomic E-state index is 13.0. The minimum atomic E-state index is -0.438. The number of carbonyl (C=O) groups excluding carboxylic acids is 1. The van der Waals surface area contributed by atoms with Gasteiger partial charge in [0.25, 0.3) is 5.56 Å². The molecule has 0 N–H and O–H groups in total. The third-order valence-corrected chi connectivity index (χ3v) is 5.29. The molecule has 28 heavy (non-hydrogen) atoms. The molecule has 0 bridgehead atoms. The van der Waals surface area contributed by atoms with Gasteiger partial charge in [-0.2, -0.15) is 0 Å². The SMILES string of the molecule is CCCOc1ccc(-c2csc3ncn(CC(=O)OC(C)CC)c(=O)c23)cc1. The third kappa shape index (κ3) is 4.42. The highest BCUT2D eigenvalue weighted by Gasteiger charge is 2.16. The van der Waals surface area contributed by atoms with Crippen LogP contribution in [0.5, 0.6) is 5.75 Å². The van der Waals surface area contributed by atoms with E-state index in [9.17, 15) is 9.59 Å². The number of ether oxygens (including phenoxy) is 2. The van der Waals surface area contributed by atoms with Crippen molar-refractivity contribution in [1.29, 1.82) is 0 Å². The molecule has 7 heteroatoms. The van der Waals surface area contributed by atoms with Crippen molar-refractivity contribution in [2.24, 2.45) is 0 Å². The molecular formula is C21H24N2O4S. The van der Waals surface area contributed by atoms with Gasteiger partial charge in [-0.1, -0.05) is 26.0 Å². The molecule has 148 valence electrons. The van der Waals surface area contributed by atoms with Crippen molar-refractivity contribution in [2.45, 2.75) is 46.3 Å². The molecule has 3 rings (SSSR count). The molecule has 1 unspecified atom stereocenters. The first-order valence-corrected chi connectivity index (χ1v) is 10.3. The van der Waals surface area contributed by atoms with Gasteiger partial charge >= 0.3 is 5.97 Å². The van der Waals surface area contributed by atoms with Gasteiger partial charge in [0, 0.05) is 10.9 Å². The predicted octanol–water partition coefficient (Wildman–Crippen LogP) is 4.26. The van der Waals surface area contributed by atoms with E-state index in [4.69, 9.17) is 9.47 Å². The van der Waals surface area contributed by atoms with Crippen molar-refractivity contribution >= 4 is 27.5 Å². The molecule has 0 aliphatic heterocycles. The molecule has 2 aromatic heterocycles. The van der Waals surface area contributed by atoms with E-state index in [1.54, 1.807) is 0 Å². The molecule has 0 amide bonds. The summed E-state index contributed by atoms with van der Waals surface area (Å²) >= 11 is 1.41. The summed E-state index contributed by atoms with van der Waals surface area (Å²) in [4.78, 5) is 30.0. The average Bonchev–Trinajstić information content (AvgIpc) is 3.13. The molecular weight excluding hydrogens is 376 g/mol. The van der Waals surface area contributed by atoms with Crippen LogP contribution in [0.3, 0.4) is 0 Å². The molecule has 0 aliphatic carbocycles. The van der Waals surface area contributed by atoms with E-state index in [-0.39, 0.29) is 18.2 Å². The fourth-order valence-corrected chi connectivity index (χ4v) is 3.63. The summed E-state index contributed by atoms with van der Waals surface area (Å²) in [5.41, 5.74) is 1.48. The Morgan fingerprint density at radius 1 is 1.25 bits per heavy atom. The molecule has 1 aromatic carbocycles. The number of esters is 1. The first kappa shape index (κ1) is 20.1. The van der Waals surface area contributed by atoms with Crippen molar-refractivity contribution in [3.8, 4) is 16.9 Å². The summed E-state index contributed by atoms with van der Waals surface area (Å²) in [6.07, 6.45) is 2.90. The largest absolute Gasteiger partial charge is 0.494 e. The van der Waals surface area contributed by atoms with Crippen molar-refractivity contribution in [3.05, 3.63) is 46.3 Å². The number of fused-ring (bicyclic) bond motifs is 1. The number of nitrogens with zero attached hydrogens (tertiary/aromatic N) is 2. The highest BCUT2D eigenvalue weighted by molar-refractivity contribution is 7.17. The second kappa shape index (κ2) is 9.01. The normalized spacial score (nSPS) is 12.1. The maximum Gasteiger partial charge on any atom is 0.326 e. The number of thiophene rings is 1. The van der Waals surface area contributed by atoms with Crippen LogP contribution in [0.15, 0.2) is 40.8 Å².